The molecule has 0 aliphatic carbocycles. The van der Waals surface area contributed by atoms with E-state index < -0.39 is 11.5 Å². The molecular formula is C14H26N2O3S. The Kier molecular flexibility index (Phi) is 5.74. The number of aliphatic carboxylic acids is 1. The molecule has 1 aliphatic heterocycles. The number of hydrogen-bond donors (Lipinski definition) is 2. The van der Waals surface area contributed by atoms with Crippen LogP contribution in [-0.4, -0.2) is 51.6 Å². The zero-order valence-corrected chi connectivity index (χ0v) is 13.7. The van der Waals surface area contributed by atoms with Crippen molar-refractivity contribution in [3.05, 3.63) is 0 Å². The first kappa shape index (κ1) is 17.1. The molecule has 5 nitrogen and oxygen atoms in total. The molecule has 1 unspecified atom stereocenters. The summed E-state index contributed by atoms with van der Waals surface area (Å²) in [5, 5.41) is 12.3. The van der Waals surface area contributed by atoms with Gasteiger partial charge in [0.1, 0.15) is 5.54 Å². The van der Waals surface area contributed by atoms with Crippen molar-refractivity contribution < 1.29 is 14.7 Å². The summed E-state index contributed by atoms with van der Waals surface area (Å²) in [5.41, 5.74) is -1.06. The standard InChI is InChI=1S/C14H26N2O3S/c1-5-14(6-2,20-4)10-15-12(19)16-9-7-8-13(16,3)11(17)18/h5-10H2,1-4H3,(H,15,19)(H,17,18). The lowest BCUT2D eigenvalue weighted by Crippen LogP contribution is -2.55. The summed E-state index contributed by atoms with van der Waals surface area (Å²) in [5.74, 6) is -0.924. The minimum Gasteiger partial charge on any atom is -0.480 e. The molecule has 0 spiro atoms. The van der Waals surface area contributed by atoms with Crippen LogP contribution in [-0.2, 0) is 4.79 Å². The second-order valence-corrected chi connectivity index (χ2v) is 6.86. The molecule has 116 valence electrons. The number of amides is 2. The summed E-state index contributed by atoms with van der Waals surface area (Å²) >= 11 is 1.76. The quantitative estimate of drug-likeness (QED) is 0.791. The lowest BCUT2D eigenvalue weighted by Gasteiger charge is -2.34. The minimum atomic E-state index is -1.06. The first-order chi connectivity index (χ1) is 9.35. The fourth-order valence-corrected chi connectivity index (χ4v) is 3.50. The number of hydrogen-bond acceptors (Lipinski definition) is 3. The second kappa shape index (κ2) is 6.70. The Balaban J connectivity index is 2.70. The van der Waals surface area contributed by atoms with Gasteiger partial charge in [-0.3, -0.25) is 0 Å². The van der Waals surface area contributed by atoms with E-state index in [-0.39, 0.29) is 10.8 Å². The van der Waals surface area contributed by atoms with Crippen LogP contribution in [0.2, 0.25) is 0 Å². The maximum Gasteiger partial charge on any atom is 0.329 e. The van der Waals surface area contributed by atoms with Crippen LogP contribution in [0.5, 0.6) is 0 Å². The summed E-state index contributed by atoms with van der Waals surface area (Å²) in [6, 6.07) is -0.257. The van der Waals surface area contributed by atoms with E-state index in [1.807, 2.05) is 0 Å². The lowest BCUT2D eigenvalue weighted by atomic mass is 9.99. The van der Waals surface area contributed by atoms with Crippen LogP contribution >= 0.6 is 11.8 Å². The van der Waals surface area contributed by atoms with Gasteiger partial charge in [0.05, 0.1) is 0 Å². The summed E-state index contributed by atoms with van der Waals surface area (Å²) < 4.78 is 0.0367. The number of nitrogens with zero attached hydrogens (tertiary/aromatic N) is 1. The monoisotopic (exact) mass is 302 g/mol. The maximum atomic E-state index is 12.3. The van der Waals surface area contributed by atoms with E-state index in [0.717, 1.165) is 19.3 Å². The number of nitrogens with one attached hydrogen (secondary N) is 1. The third kappa shape index (κ3) is 3.22. The Morgan fingerprint density at radius 2 is 2.00 bits per heavy atom. The van der Waals surface area contributed by atoms with Crippen molar-refractivity contribution in [2.45, 2.75) is 56.7 Å². The Labute approximate surface area is 125 Å². The molecule has 0 bridgehead atoms. The molecule has 0 aromatic rings. The molecule has 6 heteroatoms. The summed E-state index contributed by atoms with van der Waals surface area (Å²) in [7, 11) is 0. The van der Waals surface area contributed by atoms with Gasteiger partial charge >= 0.3 is 12.0 Å². The number of likely N-dealkylation sites (tertiary alicyclic amines) is 1. The first-order valence-corrected chi connectivity index (χ1v) is 8.41. The summed E-state index contributed by atoms with van der Waals surface area (Å²) in [6.07, 6.45) is 5.26. The highest BCUT2D eigenvalue weighted by atomic mass is 32.2. The van der Waals surface area contributed by atoms with Gasteiger partial charge < -0.3 is 15.3 Å². The molecule has 0 radical (unpaired) electrons. The fourth-order valence-electron chi connectivity index (χ4n) is 2.70. The average Bonchev–Trinajstić information content (AvgIpc) is 2.84. The highest BCUT2D eigenvalue weighted by molar-refractivity contribution is 8.00. The Morgan fingerprint density at radius 3 is 2.45 bits per heavy atom. The van der Waals surface area contributed by atoms with Crippen molar-refractivity contribution in [1.29, 1.82) is 0 Å². The van der Waals surface area contributed by atoms with Crippen LogP contribution < -0.4 is 5.32 Å². The zero-order chi connectivity index (χ0) is 15.4. The topological polar surface area (TPSA) is 69.6 Å². The van der Waals surface area contributed by atoms with Crippen molar-refractivity contribution in [1.82, 2.24) is 10.2 Å². The van der Waals surface area contributed by atoms with E-state index in [1.165, 1.54) is 4.90 Å². The number of carboxylic acid groups (broad SMARTS) is 1. The van der Waals surface area contributed by atoms with E-state index in [9.17, 15) is 14.7 Å². The smallest absolute Gasteiger partial charge is 0.329 e. The molecular weight excluding hydrogens is 276 g/mol. The fraction of sp³-hybridized carbons (Fsp3) is 0.857. The third-order valence-electron chi connectivity index (χ3n) is 4.63. The Morgan fingerprint density at radius 1 is 1.40 bits per heavy atom. The molecule has 2 N–H and O–H groups in total. The van der Waals surface area contributed by atoms with Gasteiger partial charge in [-0.25, -0.2) is 9.59 Å². The van der Waals surface area contributed by atoms with Crippen LogP contribution in [0, 0.1) is 0 Å². The van der Waals surface area contributed by atoms with E-state index >= 15 is 0 Å². The molecule has 0 aromatic heterocycles. The van der Waals surface area contributed by atoms with Crippen LogP contribution in [0.3, 0.4) is 0 Å². The van der Waals surface area contributed by atoms with Gasteiger partial charge in [-0.1, -0.05) is 13.8 Å². The lowest BCUT2D eigenvalue weighted by molar-refractivity contribution is -0.147. The second-order valence-electron chi connectivity index (χ2n) is 5.59. The van der Waals surface area contributed by atoms with Crippen molar-refractivity contribution in [2.24, 2.45) is 0 Å². The number of rotatable bonds is 6. The van der Waals surface area contributed by atoms with Gasteiger partial charge in [0.15, 0.2) is 0 Å². The number of urea groups is 1. The predicted octanol–water partition coefficient (Wildman–Crippen LogP) is 2.56. The zero-order valence-electron chi connectivity index (χ0n) is 12.9. The van der Waals surface area contributed by atoms with Crippen molar-refractivity contribution in [3.63, 3.8) is 0 Å². The average molecular weight is 302 g/mol. The van der Waals surface area contributed by atoms with Gasteiger partial charge in [0, 0.05) is 17.8 Å². The molecule has 1 rings (SSSR count). The molecule has 1 atom stereocenters. The normalized spacial score (nSPS) is 22.9. The molecule has 1 heterocycles. The highest BCUT2D eigenvalue weighted by Crippen LogP contribution is 2.31. The summed E-state index contributed by atoms with van der Waals surface area (Å²) in [6.45, 7) is 6.95. The van der Waals surface area contributed by atoms with Gasteiger partial charge in [-0.05, 0) is 38.9 Å². The van der Waals surface area contributed by atoms with E-state index in [4.69, 9.17) is 0 Å². The van der Waals surface area contributed by atoms with Gasteiger partial charge in [0.25, 0.3) is 0 Å². The van der Waals surface area contributed by atoms with Crippen LogP contribution in [0.15, 0.2) is 0 Å². The van der Waals surface area contributed by atoms with Crippen LogP contribution in [0.1, 0.15) is 46.5 Å². The largest absolute Gasteiger partial charge is 0.480 e. The predicted molar refractivity (Wildman–Crippen MR) is 82.2 cm³/mol. The number of thioether (sulfide) groups is 1. The van der Waals surface area contributed by atoms with Gasteiger partial charge in [-0.15, -0.1) is 0 Å². The Hall–Kier alpha value is -0.910. The molecule has 1 saturated heterocycles. The van der Waals surface area contributed by atoms with Crippen molar-refractivity contribution >= 4 is 23.8 Å². The number of carbonyl (C=O) groups is 2. The van der Waals surface area contributed by atoms with Crippen molar-refractivity contribution in [3.8, 4) is 0 Å². The summed E-state index contributed by atoms with van der Waals surface area (Å²) in [4.78, 5) is 25.1. The molecule has 1 aliphatic rings. The van der Waals surface area contributed by atoms with Gasteiger partial charge in [-0.2, -0.15) is 11.8 Å². The number of carbonyl (C=O) groups excluding carboxylic acids is 1. The third-order valence-corrected chi connectivity index (χ3v) is 6.22. The highest BCUT2D eigenvalue weighted by Gasteiger charge is 2.46. The molecule has 0 aromatic carbocycles. The molecule has 2 amide bonds. The van der Waals surface area contributed by atoms with E-state index in [1.54, 1.807) is 18.7 Å². The Bertz CT molecular complexity index is 363. The maximum absolute atomic E-state index is 12.3. The SMILES string of the molecule is CCC(CC)(CNC(=O)N1CCCC1(C)C(=O)O)SC. The molecule has 1 fully saturated rings. The number of carboxylic acids is 1. The van der Waals surface area contributed by atoms with E-state index in [2.05, 4.69) is 25.4 Å². The molecule has 20 heavy (non-hydrogen) atoms. The van der Waals surface area contributed by atoms with Gasteiger partial charge in [0.2, 0.25) is 0 Å². The minimum absolute atomic E-state index is 0.0367. The van der Waals surface area contributed by atoms with Crippen molar-refractivity contribution in [2.75, 3.05) is 19.3 Å². The molecule has 0 saturated carbocycles. The van der Waals surface area contributed by atoms with E-state index in [0.29, 0.717) is 19.5 Å². The van der Waals surface area contributed by atoms with Crippen LogP contribution in [0.4, 0.5) is 4.79 Å². The first-order valence-electron chi connectivity index (χ1n) is 7.19. The van der Waals surface area contributed by atoms with Crippen LogP contribution in [0.25, 0.3) is 0 Å².